The van der Waals surface area contributed by atoms with Gasteiger partial charge in [0, 0.05) is 0 Å². The Morgan fingerprint density at radius 1 is 0.438 bits per heavy atom. The second kappa shape index (κ2) is 129. The van der Waals surface area contributed by atoms with E-state index in [1.54, 1.807) is 0 Å². The molecule has 0 aliphatic carbocycles. The second-order valence-corrected chi connectivity index (χ2v) is 0.708. The first-order valence-corrected chi connectivity index (χ1v) is 3.95. The van der Waals surface area contributed by atoms with Crippen LogP contribution in [0.4, 0.5) is 0 Å². The summed E-state index contributed by atoms with van der Waals surface area (Å²) < 4.78 is 0. The molecule has 0 radical (unpaired) electrons. The predicted molar refractivity (Wildman–Crippen MR) is 73.9 cm³/mol. The van der Waals surface area contributed by atoms with E-state index in [-0.39, 0.29) is 0 Å². The van der Waals surface area contributed by atoms with E-state index in [2.05, 4.69) is 86.4 Å². The molecule has 4 heteroatoms. The summed E-state index contributed by atoms with van der Waals surface area (Å²) in [7, 11) is 0. The Bertz CT molecular complexity index is 130. The summed E-state index contributed by atoms with van der Waals surface area (Å²) >= 11 is 0. The molecule has 0 fully saturated rings. The van der Waals surface area contributed by atoms with Crippen molar-refractivity contribution in [1.29, 1.82) is 0 Å². The molecule has 0 amide bonds. The fraction of sp³-hybridized carbons (Fsp3) is 0. The van der Waals surface area contributed by atoms with Crippen LogP contribution in [0, 0.1) is 0 Å². The SMILES string of the molecule is C=C.C=C.C=C.C=C.C=C.c1cnnnn1. The summed E-state index contributed by atoms with van der Waals surface area (Å²) in [6, 6.07) is 0. The van der Waals surface area contributed by atoms with E-state index in [1.807, 2.05) is 0 Å². The van der Waals surface area contributed by atoms with Gasteiger partial charge in [0.25, 0.3) is 0 Å². The van der Waals surface area contributed by atoms with E-state index in [1.165, 1.54) is 12.4 Å². The van der Waals surface area contributed by atoms with Crippen molar-refractivity contribution < 1.29 is 0 Å². The zero-order chi connectivity index (χ0) is 14.2. The predicted octanol–water partition coefficient (Wildman–Crippen LogP) is 3.28. The summed E-state index contributed by atoms with van der Waals surface area (Å²) in [5, 5.41) is 13.1. The Labute approximate surface area is 99.4 Å². The van der Waals surface area contributed by atoms with Crippen LogP contribution >= 0.6 is 0 Å². The van der Waals surface area contributed by atoms with Crippen molar-refractivity contribution in [2.24, 2.45) is 0 Å². The largest absolute Gasteiger partial charge is 0.136 e. The van der Waals surface area contributed by atoms with Crippen molar-refractivity contribution in [1.82, 2.24) is 20.6 Å². The Kier molecular flexibility index (Phi) is 236. The van der Waals surface area contributed by atoms with Gasteiger partial charge in [0.15, 0.2) is 0 Å². The zero-order valence-corrected chi connectivity index (χ0v) is 10.0. The van der Waals surface area contributed by atoms with Gasteiger partial charge in [-0.05, 0) is 10.4 Å². The molecule has 0 atom stereocenters. The molecule has 0 aromatic carbocycles. The summed E-state index contributed by atoms with van der Waals surface area (Å²) in [6.45, 7) is 30.0. The van der Waals surface area contributed by atoms with E-state index in [9.17, 15) is 0 Å². The lowest BCUT2D eigenvalue weighted by Gasteiger charge is -1.67. The first-order chi connectivity index (χ1) is 8.00. The lowest BCUT2D eigenvalue weighted by atomic mass is 11.0. The number of hydrogen-bond acceptors (Lipinski definition) is 4. The van der Waals surface area contributed by atoms with E-state index >= 15 is 0 Å². The Balaban J connectivity index is -0.0000000351. The highest BCUT2D eigenvalue weighted by molar-refractivity contribution is 4.52. The van der Waals surface area contributed by atoms with Crippen LogP contribution in [0.2, 0.25) is 0 Å². The second-order valence-electron chi connectivity index (χ2n) is 0.708. The van der Waals surface area contributed by atoms with Gasteiger partial charge in [-0.2, -0.15) is 0 Å². The van der Waals surface area contributed by atoms with E-state index in [4.69, 9.17) is 0 Å². The maximum atomic E-state index is 3.36. The molecule has 0 bridgehead atoms. The Morgan fingerprint density at radius 2 is 0.625 bits per heavy atom. The van der Waals surface area contributed by atoms with Gasteiger partial charge in [0.1, 0.15) is 0 Å². The average Bonchev–Trinajstić information content (AvgIpc) is 2.51. The van der Waals surface area contributed by atoms with Gasteiger partial charge in [0.2, 0.25) is 0 Å². The minimum Gasteiger partial charge on any atom is -0.136 e. The van der Waals surface area contributed by atoms with Crippen LogP contribution in [-0.2, 0) is 0 Å². The minimum atomic E-state index is 1.47. The third kappa shape index (κ3) is 99.5. The molecule has 1 aromatic heterocycles. The van der Waals surface area contributed by atoms with Crippen molar-refractivity contribution in [3.8, 4) is 0 Å². The molecule has 0 saturated heterocycles. The monoisotopic (exact) mass is 222 g/mol. The van der Waals surface area contributed by atoms with Gasteiger partial charge in [-0.1, -0.05) is 0 Å². The fourth-order valence-electron chi connectivity index (χ4n) is 0.165. The fourth-order valence-corrected chi connectivity index (χ4v) is 0.165. The number of aromatic nitrogens is 4. The number of rotatable bonds is 0. The molecule has 1 aromatic rings. The first kappa shape index (κ1) is 29.2. The van der Waals surface area contributed by atoms with Gasteiger partial charge in [-0.3, -0.25) is 0 Å². The van der Waals surface area contributed by atoms with Gasteiger partial charge in [-0.25, -0.2) is 0 Å². The van der Waals surface area contributed by atoms with Crippen molar-refractivity contribution in [2.45, 2.75) is 0 Å². The standard InChI is InChI=1S/C2H2N4.5C2H4/c1-2-4-6-5-3-1;5*1-2/h1-2H;5*1-2H2. The highest BCUT2D eigenvalue weighted by atomic mass is 15.4. The molecular formula is C12H22N4. The molecule has 1 heterocycles. The minimum absolute atomic E-state index is 1.47. The van der Waals surface area contributed by atoms with Gasteiger partial charge >= 0.3 is 0 Å². The molecule has 0 unspecified atom stereocenters. The van der Waals surface area contributed by atoms with Crippen molar-refractivity contribution >= 4 is 0 Å². The van der Waals surface area contributed by atoms with E-state index in [0.29, 0.717) is 0 Å². The molecule has 4 nitrogen and oxygen atoms in total. The molecule has 1 rings (SSSR count). The first-order valence-electron chi connectivity index (χ1n) is 3.95. The van der Waals surface area contributed by atoms with E-state index in [0.717, 1.165) is 0 Å². The van der Waals surface area contributed by atoms with Gasteiger partial charge in [-0.15, -0.1) is 76.0 Å². The molecule has 0 spiro atoms. The Morgan fingerprint density at radius 3 is 0.688 bits per heavy atom. The molecular weight excluding hydrogens is 200 g/mol. The average molecular weight is 222 g/mol. The van der Waals surface area contributed by atoms with Crippen LogP contribution in [-0.4, -0.2) is 20.6 Å². The third-order valence-corrected chi connectivity index (χ3v) is 0.343. The summed E-state index contributed by atoms with van der Waals surface area (Å²) in [5.74, 6) is 0. The number of hydrogen-bond donors (Lipinski definition) is 0. The Hall–Kier alpha value is -2.36. The van der Waals surface area contributed by atoms with Crippen molar-refractivity contribution in [3.05, 3.63) is 78.2 Å². The zero-order valence-electron chi connectivity index (χ0n) is 10.0. The summed E-state index contributed by atoms with van der Waals surface area (Å²) in [6.07, 6.45) is 2.93. The smallest absolute Gasteiger partial charge is 0.0716 e. The molecule has 0 saturated carbocycles. The van der Waals surface area contributed by atoms with Crippen LogP contribution in [0.5, 0.6) is 0 Å². The van der Waals surface area contributed by atoms with Crippen LogP contribution in [0.25, 0.3) is 0 Å². The van der Waals surface area contributed by atoms with Crippen molar-refractivity contribution in [2.75, 3.05) is 0 Å². The van der Waals surface area contributed by atoms with Crippen LogP contribution in [0.1, 0.15) is 0 Å². The summed E-state index contributed by atoms with van der Waals surface area (Å²) in [4.78, 5) is 0. The van der Waals surface area contributed by atoms with Crippen LogP contribution in [0.3, 0.4) is 0 Å². The maximum absolute atomic E-state index is 3.36. The molecule has 0 aliphatic heterocycles. The van der Waals surface area contributed by atoms with E-state index < -0.39 is 0 Å². The molecule has 16 heavy (non-hydrogen) atoms. The molecule has 0 N–H and O–H groups in total. The van der Waals surface area contributed by atoms with Gasteiger partial charge in [0.05, 0.1) is 12.4 Å². The van der Waals surface area contributed by atoms with Gasteiger partial charge < -0.3 is 0 Å². The maximum Gasteiger partial charge on any atom is 0.0716 e. The highest BCUT2D eigenvalue weighted by Gasteiger charge is 1.61. The molecule has 0 aliphatic rings. The summed E-state index contributed by atoms with van der Waals surface area (Å²) in [5.41, 5.74) is 0. The third-order valence-electron chi connectivity index (χ3n) is 0.343. The topological polar surface area (TPSA) is 51.6 Å². The molecule has 90 valence electrons. The lowest BCUT2D eigenvalue weighted by molar-refractivity contribution is 0.761. The normalized spacial score (nSPS) is 4.25. The lowest BCUT2D eigenvalue weighted by Crippen LogP contribution is -1.84. The van der Waals surface area contributed by atoms with Crippen LogP contribution in [0.15, 0.2) is 78.2 Å². The van der Waals surface area contributed by atoms with Crippen LogP contribution < -0.4 is 0 Å². The van der Waals surface area contributed by atoms with Crippen molar-refractivity contribution in [3.63, 3.8) is 0 Å². The quantitative estimate of drug-likeness (QED) is 0.632. The highest BCUT2D eigenvalue weighted by Crippen LogP contribution is 1.53. The number of nitrogens with zero attached hydrogens (tertiary/aromatic N) is 4.